The highest BCUT2D eigenvalue weighted by Gasteiger charge is 2.26. The predicted molar refractivity (Wildman–Crippen MR) is 60.6 cm³/mol. The lowest BCUT2D eigenvalue weighted by molar-refractivity contribution is 0.307. The fraction of sp³-hybridized carbons (Fsp3) is 0.667. The summed E-state index contributed by atoms with van der Waals surface area (Å²) in [7, 11) is 0. The van der Waals surface area contributed by atoms with Crippen LogP contribution >= 0.6 is 0 Å². The molecule has 0 spiro atoms. The van der Waals surface area contributed by atoms with Gasteiger partial charge in [-0.2, -0.15) is 0 Å². The summed E-state index contributed by atoms with van der Waals surface area (Å²) >= 11 is 0. The first kappa shape index (κ1) is 10.6. The van der Waals surface area contributed by atoms with Gasteiger partial charge < -0.3 is 5.73 Å². The third-order valence-electron chi connectivity index (χ3n) is 3.07. The van der Waals surface area contributed by atoms with Crippen molar-refractivity contribution in [3.63, 3.8) is 0 Å². The zero-order valence-electron chi connectivity index (χ0n) is 9.58. The van der Waals surface area contributed by atoms with E-state index in [1.807, 2.05) is 6.20 Å². The zero-order valence-corrected chi connectivity index (χ0v) is 9.58. The maximum Gasteiger partial charge on any atom is 0.0627 e. The fourth-order valence-electron chi connectivity index (χ4n) is 2.11. The minimum absolute atomic E-state index is 0.378. The van der Waals surface area contributed by atoms with Crippen LogP contribution in [0.2, 0.25) is 0 Å². The Balaban J connectivity index is 2.27. The molecule has 0 atom stereocenters. The van der Waals surface area contributed by atoms with Gasteiger partial charge in [-0.1, -0.05) is 13.8 Å². The number of aromatic nitrogens is 2. The number of hydrogen-bond donors (Lipinski definition) is 1. The van der Waals surface area contributed by atoms with E-state index in [0.29, 0.717) is 12.0 Å². The van der Waals surface area contributed by atoms with Crippen molar-refractivity contribution < 1.29 is 0 Å². The van der Waals surface area contributed by atoms with Gasteiger partial charge in [0, 0.05) is 12.6 Å². The first-order valence-electron chi connectivity index (χ1n) is 5.64. The lowest BCUT2D eigenvalue weighted by Gasteiger charge is -2.29. The van der Waals surface area contributed by atoms with Crippen molar-refractivity contribution in [2.75, 3.05) is 6.54 Å². The molecule has 1 aliphatic carbocycles. The molecule has 1 aromatic heterocycles. The van der Waals surface area contributed by atoms with Crippen LogP contribution in [0.1, 0.15) is 37.4 Å². The van der Waals surface area contributed by atoms with E-state index >= 15 is 0 Å². The second-order valence-electron chi connectivity index (χ2n) is 5.13. The van der Waals surface area contributed by atoms with Gasteiger partial charge in [0.2, 0.25) is 0 Å². The zero-order chi connectivity index (χ0) is 10.9. The number of nitrogens with zero attached hydrogens (tertiary/aromatic N) is 2. The van der Waals surface area contributed by atoms with Crippen molar-refractivity contribution in [3.05, 3.63) is 23.3 Å². The maximum atomic E-state index is 5.52. The molecule has 0 saturated heterocycles. The summed E-state index contributed by atoms with van der Waals surface area (Å²) in [4.78, 5) is 9.14. The Morgan fingerprint density at radius 3 is 2.93 bits per heavy atom. The molecule has 2 N–H and O–H groups in total. The lowest BCUT2D eigenvalue weighted by atomic mass is 9.78. The average Bonchev–Trinajstić information content (AvgIpc) is 2.16. The van der Waals surface area contributed by atoms with Crippen molar-refractivity contribution in [2.24, 2.45) is 11.1 Å². The van der Waals surface area contributed by atoms with Gasteiger partial charge >= 0.3 is 0 Å². The van der Waals surface area contributed by atoms with Crippen molar-refractivity contribution >= 4 is 0 Å². The van der Waals surface area contributed by atoms with Crippen LogP contribution in [0.25, 0.3) is 0 Å². The van der Waals surface area contributed by atoms with Crippen LogP contribution in [-0.4, -0.2) is 16.5 Å². The molecule has 1 heterocycles. The normalized spacial score (nSPS) is 18.6. The van der Waals surface area contributed by atoms with Gasteiger partial charge in [-0.15, -0.1) is 0 Å². The SMILES string of the molecule is CC1(C)CCc2ncc(CCN)nc2C1. The largest absolute Gasteiger partial charge is 0.330 e. The Labute approximate surface area is 91.1 Å². The van der Waals surface area contributed by atoms with Gasteiger partial charge in [-0.3, -0.25) is 9.97 Å². The molecule has 1 aromatic rings. The molecule has 1 aliphatic rings. The van der Waals surface area contributed by atoms with Crippen molar-refractivity contribution in [1.82, 2.24) is 9.97 Å². The lowest BCUT2D eigenvalue weighted by Crippen LogP contribution is -2.24. The van der Waals surface area contributed by atoms with Gasteiger partial charge in [0.25, 0.3) is 0 Å². The minimum atomic E-state index is 0.378. The first-order chi connectivity index (χ1) is 7.11. The molecule has 0 bridgehead atoms. The highest BCUT2D eigenvalue weighted by Crippen LogP contribution is 2.32. The summed E-state index contributed by atoms with van der Waals surface area (Å²) in [6, 6.07) is 0. The van der Waals surface area contributed by atoms with Crippen LogP contribution in [0.3, 0.4) is 0 Å². The molecule has 0 amide bonds. The summed E-state index contributed by atoms with van der Waals surface area (Å²) in [5.74, 6) is 0. The second-order valence-corrected chi connectivity index (χ2v) is 5.13. The molecule has 2 rings (SSSR count). The van der Waals surface area contributed by atoms with E-state index in [0.717, 1.165) is 25.0 Å². The maximum absolute atomic E-state index is 5.52. The molecular formula is C12H19N3. The molecule has 0 unspecified atom stereocenters. The third-order valence-corrected chi connectivity index (χ3v) is 3.07. The van der Waals surface area contributed by atoms with Crippen LogP contribution < -0.4 is 5.73 Å². The summed E-state index contributed by atoms with van der Waals surface area (Å²) in [6.45, 7) is 5.25. The molecule has 0 fully saturated rings. The molecule has 82 valence electrons. The second kappa shape index (κ2) is 3.89. The Hall–Kier alpha value is -0.960. The quantitative estimate of drug-likeness (QED) is 0.796. The van der Waals surface area contributed by atoms with E-state index in [1.165, 1.54) is 17.8 Å². The molecule has 3 nitrogen and oxygen atoms in total. The van der Waals surface area contributed by atoms with Crippen molar-refractivity contribution in [1.29, 1.82) is 0 Å². The standard InChI is InChI=1S/C12H19N3/c1-12(2)5-3-10-11(7-12)15-9(4-6-13)8-14-10/h8H,3-7,13H2,1-2H3. The first-order valence-corrected chi connectivity index (χ1v) is 5.64. The molecule has 0 aliphatic heterocycles. The van der Waals surface area contributed by atoms with Gasteiger partial charge in [-0.25, -0.2) is 0 Å². The summed E-state index contributed by atoms with van der Waals surface area (Å²) in [5, 5.41) is 0. The Morgan fingerprint density at radius 2 is 2.20 bits per heavy atom. The number of fused-ring (bicyclic) bond motifs is 1. The molecular weight excluding hydrogens is 186 g/mol. The summed E-state index contributed by atoms with van der Waals surface area (Å²) in [5.41, 5.74) is 9.32. The Kier molecular flexibility index (Phi) is 2.74. The molecule has 0 aromatic carbocycles. The van der Waals surface area contributed by atoms with E-state index in [1.54, 1.807) is 0 Å². The van der Waals surface area contributed by atoms with Crippen LogP contribution in [0.5, 0.6) is 0 Å². The number of aryl methyl sites for hydroxylation is 1. The summed E-state index contributed by atoms with van der Waals surface area (Å²) in [6.07, 6.45) is 6.04. The van der Waals surface area contributed by atoms with Crippen LogP contribution in [0, 0.1) is 5.41 Å². The Morgan fingerprint density at radius 1 is 1.40 bits per heavy atom. The molecule has 15 heavy (non-hydrogen) atoms. The van der Waals surface area contributed by atoms with E-state index < -0.39 is 0 Å². The van der Waals surface area contributed by atoms with E-state index in [-0.39, 0.29) is 0 Å². The predicted octanol–water partition coefficient (Wildman–Crippen LogP) is 1.49. The monoisotopic (exact) mass is 205 g/mol. The van der Waals surface area contributed by atoms with Gasteiger partial charge in [0.1, 0.15) is 0 Å². The highest BCUT2D eigenvalue weighted by molar-refractivity contribution is 5.19. The number of nitrogens with two attached hydrogens (primary N) is 1. The van der Waals surface area contributed by atoms with Gasteiger partial charge in [0.15, 0.2) is 0 Å². The minimum Gasteiger partial charge on any atom is -0.330 e. The average molecular weight is 205 g/mol. The molecule has 0 saturated carbocycles. The third kappa shape index (κ3) is 2.34. The van der Waals surface area contributed by atoms with Crippen LogP contribution in [0.4, 0.5) is 0 Å². The molecule has 0 radical (unpaired) electrons. The fourth-order valence-corrected chi connectivity index (χ4v) is 2.11. The van der Waals surface area contributed by atoms with Crippen LogP contribution in [-0.2, 0) is 19.3 Å². The summed E-state index contributed by atoms with van der Waals surface area (Å²) < 4.78 is 0. The number of hydrogen-bond acceptors (Lipinski definition) is 3. The van der Waals surface area contributed by atoms with Crippen molar-refractivity contribution in [3.8, 4) is 0 Å². The topological polar surface area (TPSA) is 51.8 Å². The van der Waals surface area contributed by atoms with Gasteiger partial charge in [0.05, 0.1) is 17.1 Å². The highest BCUT2D eigenvalue weighted by atomic mass is 14.8. The van der Waals surface area contributed by atoms with E-state index in [9.17, 15) is 0 Å². The molecule has 3 heteroatoms. The smallest absolute Gasteiger partial charge is 0.0627 e. The van der Waals surface area contributed by atoms with Crippen molar-refractivity contribution in [2.45, 2.75) is 39.5 Å². The Bertz CT molecular complexity index is 358. The van der Waals surface area contributed by atoms with E-state index in [2.05, 4.69) is 23.8 Å². The number of rotatable bonds is 2. The van der Waals surface area contributed by atoms with Gasteiger partial charge in [-0.05, 0) is 31.2 Å². The van der Waals surface area contributed by atoms with Crippen LogP contribution in [0.15, 0.2) is 6.20 Å². The van der Waals surface area contributed by atoms with E-state index in [4.69, 9.17) is 5.73 Å².